The van der Waals surface area contributed by atoms with Crippen LogP contribution >= 0.6 is 0 Å². The van der Waals surface area contributed by atoms with Crippen molar-refractivity contribution in [2.45, 2.75) is 37.3 Å². The highest BCUT2D eigenvalue weighted by Gasteiger charge is 2.41. The van der Waals surface area contributed by atoms with Gasteiger partial charge in [0.15, 0.2) is 0 Å². The second kappa shape index (κ2) is 4.17. The summed E-state index contributed by atoms with van der Waals surface area (Å²) in [6.07, 6.45) is 5.40. The molecule has 0 saturated carbocycles. The molecule has 2 saturated heterocycles. The summed E-state index contributed by atoms with van der Waals surface area (Å²) >= 11 is 0. The number of halogens is 1. The lowest BCUT2D eigenvalue weighted by Crippen LogP contribution is -2.22. The Morgan fingerprint density at radius 1 is 1.21 bits per heavy atom. The van der Waals surface area contributed by atoms with Crippen LogP contribution in [0.1, 0.15) is 31.0 Å². The SMILES string of the molecule is Fc1ccccc1-c1cnc(C2CC3CCC2N3)[nH]1. The monoisotopic (exact) mass is 257 g/mol. The molecule has 2 fully saturated rings. The van der Waals surface area contributed by atoms with Gasteiger partial charge in [0, 0.05) is 23.6 Å². The van der Waals surface area contributed by atoms with E-state index in [2.05, 4.69) is 15.3 Å². The third kappa shape index (κ3) is 1.78. The van der Waals surface area contributed by atoms with Crippen LogP contribution in [0.5, 0.6) is 0 Å². The molecule has 1 aromatic heterocycles. The highest BCUT2D eigenvalue weighted by atomic mass is 19.1. The van der Waals surface area contributed by atoms with Crippen LogP contribution in [-0.4, -0.2) is 22.1 Å². The number of hydrogen-bond donors (Lipinski definition) is 2. The molecule has 1 aromatic carbocycles. The molecule has 3 atom stereocenters. The molecule has 0 aliphatic carbocycles. The van der Waals surface area contributed by atoms with Gasteiger partial charge in [0.2, 0.25) is 0 Å². The molecule has 19 heavy (non-hydrogen) atoms. The van der Waals surface area contributed by atoms with Crippen molar-refractivity contribution in [3.8, 4) is 11.3 Å². The van der Waals surface area contributed by atoms with Crippen molar-refractivity contribution in [3.63, 3.8) is 0 Å². The maximum absolute atomic E-state index is 13.8. The van der Waals surface area contributed by atoms with Gasteiger partial charge in [-0.3, -0.25) is 0 Å². The Kier molecular flexibility index (Phi) is 2.45. The van der Waals surface area contributed by atoms with E-state index in [4.69, 9.17) is 0 Å². The number of aromatic nitrogens is 2. The summed E-state index contributed by atoms with van der Waals surface area (Å²) in [5, 5.41) is 3.60. The Hall–Kier alpha value is -1.68. The van der Waals surface area contributed by atoms with Crippen LogP contribution < -0.4 is 5.32 Å². The van der Waals surface area contributed by atoms with E-state index in [0.29, 0.717) is 23.6 Å². The average molecular weight is 257 g/mol. The Balaban J connectivity index is 1.65. The lowest BCUT2D eigenvalue weighted by Gasteiger charge is -2.17. The molecule has 4 rings (SSSR count). The third-order valence-corrected chi connectivity index (χ3v) is 4.41. The summed E-state index contributed by atoms with van der Waals surface area (Å²) in [5.74, 6) is 1.25. The lowest BCUT2D eigenvalue weighted by atomic mass is 9.89. The topological polar surface area (TPSA) is 40.7 Å². The normalized spacial score (nSPS) is 29.0. The molecule has 0 radical (unpaired) electrons. The number of aromatic amines is 1. The molecule has 4 heteroatoms. The molecule has 2 bridgehead atoms. The molecule has 3 nitrogen and oxygen atoms in total. The van der Waals surface area contributed by atoms with Crippen molar-refractivity contribution in [2.75, 3.05) is 0 Å². The van der Waals surface area contributed by atoms with E-state index in [1.807, 2.05) is 6.07 Å². The Bertz CT molecular complexity index is 607. The minimum atomic E-state index is -0.205. The van der Waals surface area contributed by atoms with E-state index >= 15 is 0 Å². The van der Waals surface area contributed by atoms with Crippen molar-refractivity contribution in [1.82, 2.24) is 15.3 Å². The van der Waals surface area contributed by atoms with Crippen molar-refractivity contribution >= 4 is 0 Å². The smallest absolute Gasteiger partial charge is 0.132 e. The van der Waals surface area contributed by atoms with E-state index in [1.54, 1.807) is 18.3 Å². The maximum Gasteiger partial charge on any atom is 0.132 e. The van der Waals surface area contributed by atoms with Crippen LogP contribution in [0.2, 0.25) is 0 Å². The van der Waals surface area contributed by atoms with E-state index in [0.717, 1.165) is 17.9 Å². The fourth-order valence-corrected chi connectivity index (χ4v) is 3.47. The molecular formula is C15H16FN3. The van der Waals surface area contributed by atoms with Gasteiger partial charge in [-0.2, -0.15) is 0 Å². The molecule has 2 aliphatic rings. The highest BCUT2D eigenvalue weighted by Crippen LogP contribution is 2.39. The van der Waals surface area contributed by atoms with Gasteiger partial charge in [-0.15, -0.1) is 0 Å². The van der Waals surface area contributed by atoms with E-state index < -0.39 is 0 Å². The van der Waals surface area contributed by atoms with Gasteiger partial charge in [0.1, 0.15) is 11.6 Å². The van der Waals surface area contributed by atoms with E-state index in [-0.39, 0.29) is 5.82 Å². The van der Waals surface area contributed by atoms with E-state index in [9.17, 15) is 4.39 Å². The number of rotatable bonds is 2. The Labute approximate surface area is 111 Å². The maximum atomic E-state index is 13.8. The fraction of sp³-hybridized carbons (Fsp3) is 0.400. The first kappa shape index (κ1) is 11.2. The summed E-state index contributed by atoms with van der Waals surface area (Å²) in [6, 6.07) is 8.01. The van der Waals surface area contributed by atoms with Crippen molar-refractivity contribution in [2.24, 2.45) is 0 Å². The zero-order valence-corrected chi connectivity index (χ0v) is 10.6. The zero-order chi connectivity index (χ0) is 12.8. The minimum Gasteiger partial charge on any atom is -0.342 e. The first-order chi connectivity index (χ1) is 9.31. The highest BCUT2D eigenvalue weighted by molar-refractivity contribution is 5.59. The van der Waals surface area contributed by atoms with Crippen molar-refractivity contribution in [3.05, 3.63) is 42.1 Å². The average Bonchev–Trinajstić information content (AvgIpc) is 3.15. The number of nitrogens with one attached hydrogen (secondary N) is 2. The van der Waals surface area contributed by atoms with E-state index in [1.165, 1.54) is 18.9 Å². The Morgan fingerprint density at radius 3 is 2.84 bits per heavy atom. The summed E-state index contributed by atoms with van der Waals surface area (Å²) < 4.78 is 13.8. The number of fused-ring (bicyclic) bond motifs is 2. The lowest BCUT2D eigenvalue weighted by molar-refractivity contribution is 0.490. The number of nitrogens with zero attached hydrogens (tertiary/aromatic N) is 1. The van der Waals surface area contributed by atoms with Gasteiger partial charge in [0.25, 0.3) is 0 Å². The number of H-pyrrole nitrogens is 1. The van der Waals surface area contributed by atoms with Crippen LogP contribution in [-0.2, 0) is 0 Å². The summed E-state index contributed by atoms with van der Waals surface area (Å²) in [4.78, 5) is 7.78. The molecule has 0 spiro atoms. The Morgan fingerprint density at radius 2 is 2.11 bits per heavy atom. The zero-order valence-electron chi connectivity index (χ0n) is 10.6. The molecule has 2 aromatic rings. The second-order valence-corrected chi connectivity index (χ2v) is 5.55. The van der Waals surface area contributed by atoms with Gasteiger partial charge in [-0.25, -0.2) is 9.37 Å². The van der Waals surface area contributed by atoms with Gasteiger partial charge in [-0.05, 0) is 31.4 Å². The first-order valence-corrected chi connectivity index (χ1v) is 6.87. The van der Waals surface area contributed by atoms with Gasteiger partial charge in [-0.1, -0.05) is 12.1 Å². The second-order valence-electron chi connectivity index (χ2n) is 5.55. The molecular weight excluding hydrogens is 241 g/mol. The quantitative estimate of drug-likeness (QED) is 0.868. The van der Waals surface area contributed by atoms with Crippen LogP contribution in [0.4, 0.5) is 4.39 Å². The minimum absolute atomic E-state index is 0.205. The van der Waals surface area contributed by atoms with Crippen molar-refractivity contribution in [1.29, 1.82) is 0 Å². The number of hydrogen-bond acceptors (Lipinski definition) is 2. The summed E-state index contributed by atoms with van der Waals surface area (Å²) in [6.45, 7) is 0. The van der Waals surface area contributed by atoms with Crippen LogP contribution in [0.3, 0.4) is 0 Å². The first-order valence-electron chi connectivity index (χ1n) is 6.87. The van der Waals surface area contributed by atoms with Crippen LogP contribution in [0.25, 0.3) is 11.3 Å². The molecule has 3 unspecified atom stereocenters. The molecule has 98 valence electrons. The van der Waals surface area contributed by atoms with Gasteiger partial charge >= 0.3 is 0 Å². The summed E-state index contributed by atoms with van der Waals surface area (Å²) in [7, 11) is 0. The molecule has 0 amide bonds. The third-order valence-electron chi connectivity index (χ3n) is 4.41. The standard InChI is InChI=1S/C15H16FN3/c16-12-4-2-1-3-10(12)14-8-17-15(19-14)11-7-9-5-6-13(11)18-9/h1-4,8-9,11,13,18H,5-7H2,(H,17,19). The van der Waals surface area contributed by atoms with Gasteiger partial charge < -0.3 is 10.3 Å². The van der Waals surface area contributed by atoms with Gasteiger partial charge in [0.05, 0.1) is 11.9 Å². The molecule has 2 N–H and O–H groups in total. The van der Waals surface area contributed by atoms with Crippen LogP contribution in [0, 0.1) is 5.82 Å². The summed E-state index contributed by atoms with van der Waals surface area (Å²) in [5.41, 5.74) is 1.37. The largest absolute Gasteiger partial charge is 0.342 e. The number of benzene rings is 1. The molecule has 2 aliphatic heterocycles. The van der Waals surface area contributed by atoms with Crippen molar-refractivity contribution < 1.29 is 4.39 Å². The number of imidazole rings is 1. The molecule has 3 heterocycles. The fourth-order valence-electron chi connectivity index (χ4n) is 3.47. The van der Waals surface area contributed by atoms with Crippen LogP contribution in [0.15, 0.2) is 30.5 Å². The predicted molar refractivity (Wildman–Crippen MR) is 71.3 cm³/mol. The predicted octanol–water partition coefficient (Wildman–Crippen LogP) is 2.82.